The Kier molecular flexibility index (Phi) is 4.87. The maximum Gasteiger partial charge on any atom is 0.663 e. The Morgan fingerprint density at radius 3 is 1.72 bits per heavy atom. The molecule has 0 aromatic heterocycles. The number of rotatable bonds is 0. The lowest BCUT2D eigenvalue weighted by atomic mass is 10.1. The van der Waals surface area contributed by atoms with Crippen molar-refractivity contribution in [2.75, 3.05) is 0 Å². The van der Waals surface area contributed by atoms with Crippen LogP contribution in [0.3, 0.4) is 0 Å². The van der Waals surface area contributed by atoms with E-state index in [1.54, 1.807) is 0 Å². The lowest BCUT2D eigenvalue weighted by molar-refractivity contribution is -0.0483. The van der Waals surface area contributed by atoms with Gasteiger partial charge in [-0.15, -0.1) is 0 Å². The van der Waals surface area contributed by atoms with Gasteiger partial charge in [0.2, 0.25) is 0 Å². The van der Waals surface area contributed by atoms with E-state index in [9.17, 15) is 19.2 Å². The van der Waals surface area contributed by atoms with E-state index in [0.29, 0.717) is 0 Å². The van der Waals surface area contributed by atoms with E-state index in [1.807, 2.05) is 0 Å². The summed E-state index contributed by atoms with van der Waals surface area (Å²) < 4.78 is 53.1. The third kappa shape index (κ3) is 3.71. The van der Waals surface area contributed by atoms with Crippen LogP contribution in [0.15, 0.2) is 0 Å². The third-order valence-corrected chi connectivity index (χ3v) is 17.2. The number of hydrogen-bond donors (Lipinski definition) is 4. The maximum absolute atomic E-state index is 10.6. The second kappa shape index (κ2) is 6.38. The number of hydrogen-bond acceptors (Lipinski definition) is 14. The molecule has 0 aromatic carbocycles. The van der Waals surface area contributed by atoms with Crippen LogP contribution in [0.4, 0.5) is 0 Å². The molecular weight excluding hydrogens is 453 g/mol. The quantitative estimate of drug-likeness (QED) is 0.252. The predicted molar refractivity (Wildman–Crippen MR) is 77.0 cm³/mol. The van der Waals surface area contributed by atoms with Crippen LogP contribution in [0.5, 0.6) is 0 Å². The van der Waals surface area contributed by atoms with Crippen LogP contribution in [0.1, 0.15) is 13.8 Å². The van der Waals surface area contributed by atoms with Crippen molar-refractivity contribution in [2.45, 2.75) is 32.2 Å². The Morgan fingerprint density at radius 1 is 0.760 bits per heavy atom. The Bertz CT molecular complexity index is 504. The minimum absolute atomic E-state index is 0.853. The van der Waals surface area contributed by atoms with E-state index < -0.39 is 74.0 Å². The molecule has 4 rings (SSSR count). The van der Waals surface area contributed by atoms with E-state index in [1.165, 1.54) is 13.8 Å². The molecule has 25 heavy (non-hydrogen) atoms. The monoisotopic (exact) mass is 465 g/mol. The standard InChI is InChI=1S/C5H13O14Si6/c1-3-5-4(2)11-24(9)16-21(7)14-22-13-20(6)15-23(8,10-3)18-25(12-5,17-22)19-24/h3-9H,1-2H3. The van der Waals surface area contributed by atoms with Gasteiger partial charge >= 0.3 is 55.7 Å². The average Bonchev–Trinajstić information content (AvgIpc) is 2.56. The van der Waals surface area contributed by atoms with Crippen LogP contribution in [0.2, 0.25) is 0 Å². The Balaban J connectivity index is 1.82. The molecule has 0 aliphatic carbocycles. The van der Waals surface area contributed by atoms with E-state index in [0.717, 1.165) is 0 Å². The average molecular weight is 466 g/mol. The molecule has 4 aliphatic rings. The summed E-state index contributed by atoms with van der Waals surface area (Å²) in [6.07, 6.45) is -2.62. The van der Waals surface area contributed by atoms with Gasteiger partial charge in [-0.05, 0) is 13.8 Å². The second-order valence-corrected chi connectivity index (χ2v) is 16.4. The van der Waals surface area contributed by atoms with Gasteiger partial charge in [-0.2, -0.15) is 0 Å². The molecule has 5 bridgehead atoms. The maximum atomic E-state index is 10.6. The fourth-order valence-corrected chi connectivity index (χ4v) is 17.4. The zero-order valence-electron chi connectivity index (χ0n) is 12.6. The zero-order valence-corrected chi connectivity index (χ0v) is 18.6. The van der Waals surface area contributed by atoms with Crippen molar-refractivity contribution in [3.05, 3.63) is 0 Å². The molecule has 1 spiro atoms. The first-order chi connectivity index (χ1) is 11.6. The topological polar surface area (TPSA) is 173 Å². The molecule has 0 aromatic rings. The summed E-state index contributed by atoms with van der Waals surface area (Å²) in [6.45, 7) is 3.08. The molecule has 4 N–H and O–H groups in total. The molecule has 4 aliphatic heterocycles. The van der Waals surface area contributed by atoms with Crippen molar-refractivity contribution in [2.24, 2.45) is 0 Å². The first kappa shape index (κ1) is 19.1. The van der Waals surface area contributed by atoms with Gasteiger partial charge in [-0.3, -0.25) is 0 Å². The first-order valence-electron chi connectivity index (χ1n) is 6.89. The third-order valence-electron chi connectivity index (χ3n) is 3.37. The highest BCUT2D eigenvalue weighted by atomic mass is 28.6. The smallest absolute Gasteiger partial charge is 0.388 e. The fraction of sp³-hybridized carbons (Fsp3) is 1.00. The van der Waals surface area contributed by atoms with Crippen LogP contribution >= 0.6 is 0 Å². The summed E-state index contributed by atoms with van der Waals surface area (Å²) in [5, 5.41) is 0. The van der Waals surface area contributed by atoms with Crippen LogP contribution < -0.4 is 0 Å². The molecule has 0 saturated carbocycles. The van der Waals surface area contributed by atoms with Gasteiger partial charge in [-0.25, -0.2) is 0 Å². The van der Waals surface area contributed by atoms with E-state index in [-0.39, 0.29) is 0 Å². The van der Waals surface area contributed by atoms with Gasteiger partial charge in [0.1, 0.15) is 6.10 Å². The fourth-order valence-electron chi connectivity index (χ4n) is 2.50. The Labute approximate surface area is 149 Å². The highest BCUT2D eigenvalue weighted by Crippen LogP contribution is 2.38. The molecule has 0 amide bonds. The summed E-state index contributed by atoms with van der Waals surface area (Å²) >= 11 is 0. The second-order valence-electron chi connectivity index (χ2n) is 5.27. The molecule has 4 fully saturated rings. The van der Waals surface area contributed by atoms with Crippen LogP contribution in [-0.2, 0) is 42.1 Å². The van der Waals surface area contributed by atoms with Crippen LogP contribution in [0, 0.1) is 0 Å². The Hall–Kier alpha value is 0.741. The lowest BCUT2D eigenvalue weighted by Gasteiger charge is -2.38. The molecular formula is C5H13O14Si6. The SMILES string of the molecule is CC1O[Si]2(O)O[Si](O)O[Si]3O[Si](O)O[Si]4(O)OC(C)C1O[Si](O3)(O2)O4. The van der Waals surface area contributed by atoms with Gasteiger partial charge in [0.05, 0.1) is 12.2 Å². The molecule has 141 valence electrons. The van der Waals surface area contributed by atoms with Crippen molar-refractivity contribution in [3.8, 4) is 0 Å². The summed E-state index contributed by atoms with van der Waals surface area (Å²) in [5.74, 6) is 0. The normalized spacial score (nSPS) is 52.8. The molecule has 4 unspecified atom stereocenters. The van der Waals surface area contributed by atoms with Gasteiger partial charge in [0, 0.05) is 0 Å². The summed E-state index contributed by atoms with van der Waals surface area (Å²) in [4.78, 5) is 40.9. The van der Waals surface area contributed by atoms with Crippen molar-refractivity contribution >= 4 is 55.7 Å². The van der Waals surface area contributed by atoms with Crippen molar-refractivity contribution in [1.29, 1.82) is 0 Å². The highest BCUT2D eigenvalue weighted by molar-refractivity contribution is 6.82. The molecule has 14 nitrogen and oxygen atoms in total. The van der Waals surface area contributed by atoms with E-state index >= 15 is 0 Å². The van der Waals surface area contributed by atoms with Gasteiger partial charge in [-0.1, -0.05) is 0 Å². The Morgan fingerprint density at radius 2 is 1.24 bits per heavy atom. The molecule has 4 atom stereocenters. The number of fused-ring (bicyclic) bond motifs is 4. The first-order valence-corrected chi connectivity index (χ1v) is 15.6. The predicted octanol–water partition coefficient (Wildman–Crippen LogP) is -4.42. The molecule has 4 heterocycles. The lowest BCUT2D eigenvalue weighted by Crippen LogP contribution is -2.71. The molecule has 20 heteroatoms. The highest BCUT2D eigenvalue weighted by Gasteiger charge is 2.74. The largest absolute Gasteiger partial charge is 0.663 e. The van der Waals surface area contributed by atoms with Crippen molar-refractivity contribution in [1.82, 2.24) is 0 Å². The van der Waals surface area contributed by atoms with Crippen LogP contribution in [-0.4, -0.2) is 93.2 Å². The van der Waals surface area contributed by atoms with Crippen LogP contribution in [0.25, 0.3) is 0 Å². The van der Waals surface area contributed by atoms with Gasteiger partial charge < -0.3 is 61.3 Å². The molecule has 4 saturated heterocycles. The van der Waals surface area contributed by atoms with E-state index in [4.69, 9.17) is 42.1 Å². The van der Waals surface area contributed by atoms with Gasteiger partial charge in [0.15, 0.2) is 0 Å². The van der Waals surface area contributed by atoms with Crippen molar-refractivity contribution < 1.29 is 61.3 Å². The minimum Gasteiger partial charge on any atom is -0.388 e. The summed E-state index contributed by atoms with van der Waals surface area (Å²) in [7, 11) is -22.6. The van der Waals surface area contributed by atoms with Crippen molar-refractivity contribution in [3.63, 3.8) is 0 Å². The minimum atomic E-state index is -4.53. The zero-order chi connectivity index (χ0) is 18.0. The summed E-state index contributed by atoms with van der Waals surface area (Å²) in [6, 6.07) is 0. The van der Waals surface area contributed by atoms with E-state index in [2.05, 4.69) is 0 Å². The molecule has 3 radical (unpaired) electrons. The van der Waals surface area contributed by atoms with Gasteiger partial charge in [0.25, 0.3) is 0 Å². The summed E-state index contributed by atoms with van der Waals surface area (Å²) in [5.41, 5.74) is 0.